The first-order chi connectivity index (χ1) is 35.7. The van der Waals surface area contributed by atoms with Crippen LogP contribution in [0.1, 0.15) is 51.8 Å². The first-order valence-electron chi connectivity index (χ1n) is 24.8. The van der Waals surface area contributed by atoms with Crippen LogP contribution in [-0.4, -0.2) is 11.5 Å². The second-order valence-corrected chi connectivity index (χ2v) is 19.3. The van der Waals surface area contributed by atoms with E-state index in [-0.39, 0.29) is 0 Å². The second-order valence-electron chi connectivity index (χ2n) is 19.3. The largest absolute Gasteiger partial charge is 0.456 e. The van der Waals surface area contributed by atoms with E-state index >= 15 is 0 Å². The van der Waals surface area contributed by atoms with Gasteiger partial charge >= 0.3 is 0 Å². The van der Waals surface area contributed by atoms with E-state index in [1.807, 2.05) is 36.4 Å². The Morgan fingerprint density at radius 1 is 0.347 bits per heavy atom. The van der Waals surface area contributed by atoms with Crippen molar-refractivity contribution in [2.45, 2.75) is 18.3 Å². The highest BCUT2D eigenvalue weighted by Gasteiger charge is 2.52. The molecule has 0 N–H and O–H groups in total. The van der Waals surface area contributed by atoms with Gasteiger partial charge in [0.1, 0.15) is 33.5 Å². The maximum absolute atomic E-state index is 6.78. The van der Waals surface area contributed by atoms with E-state index < -0.39 is 5.41 Å². The summed E-state index contributed by atoms with van der Waals surface area (Å²) in [6, 6.07) is 76.0. The SMILES string of the molecule is C1=C(c2cccc3oc4ccccc4c23)/N=C(c2ccc3oc4ccccc4c3c2)\N=C(\c2cccc3oc4ccc(-c5cccc6c5C5(c7ccccc7-c7ccccc75)c5ccccc5-6)cc4c23)CC\1. The molecule has 0 fully saturated rings. The number of amidine groups is 1. The molecule has 3 aromatic heterocycles. The summed E-state index contributed by atoms with van der Waals surface area (Å²) in [6.45, 7) is 0. The summed E-state index contributed by atoms with van der Waals surface area (Å²) in [7, 11) is 0. The number of hydrogen-bond donors (Lipinski definition) is 0. The van der Waals surface area contributed by atoms with Gasteiger partial charge in [-0.1, -0.05) is 164 Å². The van der Waals surface area contributed by atoms with Crippen molar-refractivity contribution in [2.24, 2.45) is 9.98 Å². The molecule has 0 unspecified atom stereocenters. The monoisotopic (exact) mass is 920 g/mol. The van der Waals surface area contributed by atoms with Crippen molar-refractivity contribution in [3.63, 3.8) is 0 Å². The summed E-state index contributed by atoms with van der Waals surface area (Å²) >= 11 is 0. The smallest absolute Gasteiger partial charge is 0.160 e. The Hall–Kier alpha value is -9.32. The molecule has 0 saturated heterocycles. The highest BCUT2D eigenvalue weighted by Crippen LogP contribution is 2.64. The molecule has 2 aliphatic carbocycles. The molecule has 3 aliphatic rings. The molecule has 72 heavy (non-hydrogen) atoms. The standard InChI is InChI=1S/C67H40N2O3/c1-6-24-52-42(15-1)43-16-2-7-25-53(43)67(52)54-26-8-3-17-44(54)46-21-11-20-41(65(46)67)39-33-35-60-51(37-39)64-48(23-13-32-62(64)72-60)56-28-14-27-55(47-22-12-31-61-63(47)49-19-5-10-30-58(49)71-61)68-66(69-56)40-34-36-59-50(38-40)45-18-4-9-29-57(45)70-59/h1-13,15-27,29-38H,14,28H2/b55-27-,68-66-,69-56+. The van der Waals surface area contributed by atoms with Gasteiger partial charge in [0, 0.05) is 49.0 Å². The molecule has 13 aromatic rings. The van der Waals surface area contributed by atoms with Crippen molar-refractivity contribution in [1.29, 1.82) is 0 Å². The normalized spacial score (nSPS) is 16.8. The van der Waals surface area contributed by atoms with Crippen LogP contribution in [0.3, 0.4) is 0 Å². The minimum atomic E-state index is -0.480. The van der Waals surface area contributed by atoms with Gasteiger partial charge in [-0.3, -0.25) is 0 Å². The van der Waals surface area contributed by atoms with Crippen molar-refractivity contribution in [3.05, 3.63) is 257 Å². The average molecular weight is 921 g/mol. The summed E-state index contributed by atoms with van der Waals surface area (Å²) in [5.41, 5.74) is 22.1. The molecular weight excluding hydrogens is 881 g/mol. The van der Waals surface area contributed by atoms with Crippen LogP contribution < -0.4 is 0 Å². The molecule has 336 valence electrons. The van der Waals surface area contributed by atoms with Gasteiger partial charge in [-0.25, -0.2) is 9.98 Å². The lowest BCUT2D eigenvalue weighted by molar-refractivity contribution is 0.668. The Labute approximate surface area is 413 Å². The third kappa shape index (κ3) is 5.42. The van der Waals surface area contributed by atoms with Crippen molar-refractivity contribution in [2.75, 3.05) is 0 Å². The molecule has 0 amide bonds. The second kappa shape index (κ2) is 14.8. The van der Waals surface area contributed by atoms with Crippen LogP contribution >= 0.6 is 0 Å². The molecule has 4 heterocycles. The van der Waals surface area contributed by atoms with Crippen LogP contribution in [-0.2, 0) is 5.41 Å². The van der Waals surface area contributed by atoms with E-state index in [1.165, 1.54) is 50.1 Å². The van der Waals surface area contributed by atoms with Crippen LogP contribution in [0.15, 0.2) is 242 Å². The van der Waals surface area contributed by atoms with Gasteiger partial charge in [0.25, 0.3) is 0 Å². The zero-order chi connectivity index (χ0) is 47.1. The predicted octanol–water partition coefficient (Wildman–Crippen LogP) is 17.5. The molecule has 5 heteroatoms. The van der Waals surface area contributed by atoms with Gasteiger partial charge in [-0.15, -0.1) is 0 Å². The van der Waals surface area contributed by atoms with E-state index in [9.17, 15) is 0 Å². The van der Waals surface area contributed by atoms with Crippen LogP contribution in [0.2, 0.25) is 0 Å². The maximum atomic E-state index is 6.78. The van der Waals surface area contributed by atoms with E-state index in [4.69, 9.17) is 23.2 Å². The Balaban J connectivity index is 0.902. The quantitative estimate of drug-likeness (QED) is 0.177. The topological polar surface area (TPSA) is 64.1 Å². The Kier molecular flexibility index (Phi) is 8.15. The molecule has 10 aromatic carbocycles. The summed E-state index contributed by atoms with van der Waals surface area (Å²) in [5, 5.41) is 6.29. The number of para-hydroxylation sites is 2. The number of aliphatic imine (C=N–C) groups is 2. The van der Waals surface area contributed by atoms with Crippen LogP contribution in [0.5, 0.6) is 0 Å². The lowest BCUT2D eigenvalue weighted by atomic mass is 9.68. The molecule has 1 spiro atoms. The Morgan fingerprint density at radius 2 is 0.833 bits per heavy atom. The fraction of sp³-hybridized carbons (Fsp3) is 0.0448. The highest BCUT2D eigenvalue weighted by molar-refractivity contribution is 6.23. The van der Waals surface area contributed by atoms with E-state index in [2.05, 4.69) is 182 Å². The van der Waals surface area contributed by atoms with Gasteiger partial charge in [-0.2, -0.15) is 0 Å². The Morgan fingerprint density at radius 3 is 1.57 bits per heavy atom. The van der Waals surface area contributed by atoms with E-state index in [1.54, 1.807) is 0 Å². The molecule has 16 rings (SSSR count). The summed E-state index contributed by atoms with van der Waals surface area (Å²) in [4.78, 5) is 11.2. The lowest BCUT2D eigenvalue weighted by Gasteiger charge is -2.32. The Bertz CT molecular complexity index is 4530. The molecule has 5 nitrogen and oxygen atoms in total. The average Bonchev–Trinajstić information content (AvgIpc) is 4.24. The predicted molar refractivity (Wildman–Crippen MR) is 293 cm³/mol. The minimum absolute atomic E-state index is 0.480. The molecule has 0 radical (unpaired) electrons. The maximum Gasteiger partial charge on any atom is 0.160 e. The number of allylic oxidation sites excluding steroid dienone is 1. The van der Waals surface area contributed by atoms with Crippen LogP contribution in [0.25, 0.3) is 105 Å². The zero-order valence-electron chi connectivity index (χ0n) is 38.8. The molecule has 0 bridgehead atoms. The molecule has 0 saturated carbocycles. The third-order valence-corrected chi connectivity index (χ3v) is 15.6. The van der Waals surface area contributed by atoms with Gasteiger partial charge in [0.05, 0.1) is 16.8 Å². The first-order valence-corrected chi connectivity index (χ1v) is 24.8. The summed E-state index contributed by atoms with van der Waals surface area (Å²) in [6.07, 6.45) is 3.67. The number of nitrogens with zero attached hydrogens (tertiary/aromatic N) is 2. The van der Waals surface area contributed by atoms with Gasteiger partial charge < -0.3 is 13.3 Å². The first kappa shape index (κ1) is 39.5. The van der Waals surface area contributed by atoms with Crippen LogP contribution in [0.4, 0.5) is 0 Å². The number of fused-ring (bicyclic) bond motifs is 19. The van der Waals surface area contributed by atoms with E-state index in [0.29, 0.717) is 12.3 Å². The highest BCUT2D eigenvalue weighted by atomic mass is 16.3. The van der Waals surface area contributed by atoms with Gasteiger partial charge in [0.2, 0.25) is 0 Å². The number of hydrogen-bond acceptors (Lipinski definition) is 5. The number of furan rings is 3. The van der Waals surface area contributed by atoms with Gasteiger partial charge in [-0.05, 0) is 123 Å². The lowest BCUT2D eigenvalue weighted by Crippen LogP contribution is -2.26. The molecule has 0 atom stereocenters. The summed E-state index contributed by atoms with van der Waals surface area (Å²) < 4.78 is 19.5. The van der Waals surface area contributed by atoms with E-state index in [0.717, 1.165) is 106 Å². The molecular formula is C67H40N2O3. The zero-order valence-corrected chi connectivity index (χ0v) is 38.8. The van der Waals surface area contributed by atoms with Crippen molar-refractivity contribution in [1.82, 2.24) is 0 Å². The fourth-order valence-corrected chi connectivity index (χ4v) is 12.7. The van der Waals surface area contributed by atoms with Gasteiger partial charge in [0.15, 0.2) is 5.84 Å². The minimum Gasteiger partial charge on any atom is -0.456 e. The summed E-state index contributed by atoms with van der Waals surface area (Å²) in [5.74, 6) is 0.625. The molecule has 1 aliphatic heterocycles. The third-order valence-electron chi connectivity index (χ3n) is 15.6. The number of benzene rings is 10. The number of rotatable bonds is 4. The van der Waals surface area contributed by atoms with Crippen molar-refractivity contribution < 1.29 is 13.3 Å². The fourth-order valence-electron chi connectivity index (χ4n) is 12.7. The van der Waals surface area contributed by atoms with Crippen LogP contribution in [0, 0.1) is 0 Å². The van der Waals surface area contributed by atoms with Crippen molar-refractivity contribution >= 4 is 83.1 Å². The van der Waals surface area contributed by atoms with Crippen molar-refractivity contribution in [3.8, 4) is 33.4 Å².